The van der Waals surface area contributed by atoms with E-state index in [0.717, 1.165) is 25.9 Å². The van der Waals surface area contributed by atoms with Crippen LogP contribution < -0.4 is 0 Å². The van der Waals surface area contributed by atoms with E-state index in [-0.39, 0.29) is 30.1 Å². The lowest BCUT2D eigenvalue weighted by atomic mass is 9.94. The number of rotatable bonds is 2. The minimum absolute atomic E-state index is 0.0468. The predicted molar refractivity (Wildman–Crippen MR) is 76.0 cm³/mol. The first kappa shape index (κ1) is 15.3. The van der Waals surface area contributed by atoms with Gasteiger partial charge >= 0.3 is 0 Å². The molecular weight excluding hydrogens is 254 g/mol. The topological polar surface area (TPSA) is 56.6 Å². The van der Waals surface area contributed by atoms with Crippen LogP contribution in [0.15, 0.2) is 0 Å². The van der Waals surface area contributed by atoms with Crippen molar-refractivity contribution in [3.8, 4) is 6.07 Å². The maximum Gasteiger partial charge on any atom is 0.225 e. The smallest absolute Gasteiger partial charge is 0.225 e. The zero-order valence-electron chi connectivity index (χ0n) is 12.7. The van der Waals surface area contributed by atoms with Gasteiger partial charge in [-0.05, 0) is 33.6 Å². The Bertz CT molecular complexity index is 375. The van der Waals surface area contributed by atoms with Gasteiger partial charge in [0.2, 0.25) is 5.91 Å². The Morgan fingerprint density at radius 1 is 1.25 bits per heavy atom. The molecule has 20 heavy (non-hydrogen) atoms. The molecule has 2 saturated heterocycles. The average Bonchev–Trinajstić information content (AvgIpc) is 2.45. The summed E-state index contributed by atoms with van der Waals surface area (Å²) in [5.41, 5.74) is 0. The Balaban J connectivity index is 1.87. The highest BCUT2D eigenvalue weighted by Crippen LogP contribution is 2.23. The van der Waals surface area contributed by atoms with Gasteiger partial charge in [-0.25, -0.2) is 0 Å². The first-order chi connectivity index (χ1) is 9.51. The van der Waals surface area contributed by atoms with Crippen molar-refractivity contribution >= 4 is 5.91 Å². The van der Waals surface area contributed by atoms with Crippen LogP contribution in [-0.2, 0) is 9.53 Å². The molecule has 2 aliphatic heterocycles. The Labute approximate surface area is 121 Å². The predicted octanol–water partition coefficient (Wildman–Crippen LogP) is 1.25. The van der Waals surface area contributed by atoms with Crippen LogP contribution in [0.5, 0.6) is 0 Å². The summed E-state index contributed by atoms with van der Waals surface area (Å²) in [5.74, 6) is 0.394. The van der Waals surface area contributed by atoms with Crippen molar-refractivity contribution in [2.24, 2.45) is 5.92 Å². The molecule has 0 aromatic rings. The van der Waals surface area contributed by atoms with Crippen molar-refractivity contribution in [1.82, 2.24) is 9.80 Å². The van der Waals surface area contributed by atoms with Crippen molar-refractivity contribution in [2.75, 3.05) is 26.2 Å². The van der Waals surface area contributed by atoms with E-state index in [0.29, 0.717) is 13.1 Å². The standard InChI is InChI=1S/C15H25N3O2/c1-11(8-16)17-6-4-14(5-7-17)15(19)18-9-12(2)20-13(3)10-18/h11-14H,4-7,9-10H2,1-3H3. The number of ether oxygens (including phenoxy) is 1. The third kappa shape index (κ3) is 3.50. The lowest BCUT2D eigenvalue weighted by molar-refractivity contribution is -0.149. The van der Waals surface area contributed by atoms with Gasteiger partial charge in [-0.1, -0.05) is 0 Å². The number of likely N-dealkylation sites (tertiary alicyclic amines) is 1. The van der Waals surface area contributed by atoms with E-state index >= 15 is 0 Å². The van der Waals surface area contributed by atoms with Crippen LogP contribution in [0.4, 0.5) is 0 Å². The fourth-order valence-electron chi connectivity index (χ4n) is 3.23. The molecular formula is C15H25N3O2. The van der Waals surface area contributed by atoms with Gasteiger partial charge in [-0.2, -0.15) is 5.26 Å². The largest absolute Gasteiger partial charge is 0.372 e. The van der Waals surface area contributed by atoms with E-state index in [1.54, 1.807) is 0 Å². The third-order valence-electron chi connectivity index (χ3n) is 4.34. The van der Waals surface area contributed by atoms with E-state index in [1.165, 1.54) is 0 Å². The first-order valence-corrected chi connectivity index (χ1v) is 7.59. The Morgan fingerprint density at radius 2 is 1.80 bits per heavy atom. The zero-order valence-corrected chi connectivity index (χ0v) is 12.7. The van der Waals surface area contributed by atoms with Crippen LogP contribution in [0.25, 0.3) is 0 Å². The normalized spacial score (nSPS) is 30.8. The van der Waals surface area contributed by atoms with Gasteiger partial charge in [0.1, 0.15) is 0 Å². The molecule has 1 amide bonds. The van der Waals surface area contributed by atoms with E-state index < -0.39 is 0 Å². The molecule has 2 aliphatic rings. The highest BCUT2D eigenvalue weighted by atomic mass is 16.5. The average molecular weight is 279 g/mol. The molecule has 3 unspecified atom stereocenters. The molecule has 5 nitrogen and oxygen atoms in total. The van der Waals surface area contributed by atoms with Crippen LogP contribution in [0, 0.1) is 17.2 Å². The fraction of sp³-hybridized carbons (Fsp3) is 0.867. The maximum atomic E-state index is 12.6. The van der Waals surface area contributed by atoms with Gasteiger partial charge in [0.25, 0.3) is 0 Å². The van der Waals surface area contributed by atoms with Gasteiger partial charge in [0.15, 0.2) is 0 Å². The number of amides is 1. The number of carbonyl (C=O) groups excluding carboxylic acids is 1. The number of nitriles is 1. The van der Waals surface area contributed by atoms with Crippen molar-refractivity contribution in [1.29, 1.82) is 5.26 Å². The van der Waals surface area contributed by atoms with Gasteiger partial charge in [0, 0.05) is 32.1 Å². The molecule has 2 fully saturated rings. The molecule has 0 aromatic carbocycles. The summed E-state index contributed by atoms with van der Waals surface area (Å²) in [6.45, 7) is 9.07. The number of nitrogens with zero attached hydrogens (tertiary/aromatic N) is 3. The summed E-state index contributed by atoms with van der Waals surface area (Å²) in [6, 6.07) is 2.22. The molecule has 0 N–H and O–H groups in total. The second-order valence-corrected chi connectivity index (χ2v) is 6.12. The van der Waals surface area contributed by atoms with Gasteiger partial charge in [-0.3, -0.25) is 9.69 Å². The van der Waals surface area contributed by atoms with Gasteiger partial charge < -0.3 is 9.64 Å². The number of morpholine rings is 1. The van der Waals surface area contributed by atoms with E-state index in [4.69, 9.17) is 10.00 Å². The monoisotopic (exact) mass is 279 g/mol. The van der Waals surface area contributed by atoms with E-state index in [9.17, 15) is 4.79 Å². The van der Waals surface area contributed by atoms with Crippen molar-refractivity contribution in [2.45, 2.75) is 51.9 Å². The summed E-state index contributed by atoms with van der Waals surface area (Å²) in [6.07, 6.45) is 1.98. The number of hydrogen-bond acceptors (Lipinski definition) is 4. The summed E-state index contributed by atoms with van der Waals surface area (Å²) in [4.78, 5) is 16.7. The molecule has 0 spiro atoms. The highest BCUT2D eigenvalue weighted by Gasteiger charge is 2.33. The van der Waals surface area contributed by atoms with Crippen LogP contribution >= 0.6 is 0 Å². The second-order valence-electron chi connectivity index (χ2n) is 6.12. The molecule has 0 saturated carbocycles. The minimum Gasteiger partial charge on any atom is -0.372 e. The van der Waals surface area contributed by atoms with E-state index in [1.807, 2.05) is 25.7 Å². The van der Waals surface area contributed by atoms with Crippen LogP contribution in [0.2, 0.25) is 0 Å². The van der Waals surface area contributed by atoms with E-state index in [2.05, 4.69) is 11.0 Å². The Kier molecular flexibility index (Phi) is 5.00. The summed E-state index contributed by atoms with van der Waals surface area (Å²) in [5, 5.41) is 8.94. The highest BCUT2D eigenvalue weighted by molar-refractivity contribution is 5.79. The molecule has 2 rings (SSSR count). The van der Waals surface area contributed by atoms with Crippen molar-refractivity contribution in [3.05, 3.63) is 0 Å². The maximum absolute atomic E-state index is 12.6. The van der Waals surface area contributed by atoms with Crippen LogP contribution in [0.3, 0.4) is 0 Å². The minimum atomic E-state index is -0.0468. The zero-order chi connectivity index (χ0) is 14.7. The second kappa shape index (κ2) is 6.55. The molecule has 0 radical (unpaired) electrons. The molecule has 3 atom stereocenters. The third-order valence-corrected chi connectivity index (χ3v) is 4.34. The number of piperidine rings is 1. The van der Waals surface area contributed by atoms with Crippen LogP contribution in [-0.4, -0.2) is 60.1 Å². The number of carbonyl (C=O) groups is 1. The van der Waals surface area contributed by atoms with Gasteiger partial charge in [-0.15, -0.1) is 0 Å². The molecule has 0 bridgehead atoms. The molecule has 5 heteroatoms. The van der Waals surface area contributed by atoms with Crippen molar-refractivity contribution in [3.63, 3.8) is 0 Å². The quantitative estimate of drug-likeness (QED) is 0.763. The van der Waals surface area contributed by atoms with Crippen molar-refractivity contribution < 1.29 is 9.53 Å². The lowest BCUT2D eigenvalue weighted by Gasteiger charge is -2.39. The lowest BCUT2D eigenvalue weighted by Crippen LogP contribution is -2.51. The molecule has 0 aliphatic carbocycles. The Morgan fingerprint density at radius 3 is 2.30 bits per heavy atom. The SMILES string of the molecule is CC1CN(C(=O)C2CCN(C(C)C#N)CC2)CC(C)O1. The summed E-state index contributed by atoms with van der Waals surface area (Å²) < 4.78 is 5.68. The fourth-order valence-corrected chi connectivity index (χ4v) is 3.23. The molecule has 2 heterocycles. The Hall–Kier alpha value is -1.12. The first-order valence-electron chi connectivity index (χ1n) is 7.59. The summed E-state index contributed by atoms with van der Waals surface area (Å²) in [7, 11) is 0. The van der Waals surface area contributed by atoms with Gasteiger partial charge in [0.05, 0.1) is 24.3 Å². The van der Waals surface area contributed by atoms with Crippen LogP contribution in [0.1, 0.15) is 33.6 Å². The summed E-state index contributed by atoms with van der Waals surface area (Å²) >= 11 is 0. The number of hydrogen-bond donors (Lipinski definition) is 0. The molecule has 0 aromatic heterocycles. The molecule has 112 valence electrons.